The fraction of sp³-hybridized carbons (Fsp3) is 0.579. The average molecular weight is 285 g/mol. The molecule has 0 saturated heterocycles. The molecule has 2 aromatic rings. The van der Waals surface area contributed by atoms with Gasteiger partial charge in [-0.05, 0) is 49.8 Å². The van der Waals surface area contributed by atoms with Crippen LogP contribution in [-0.2, 0) is 0 Å². The van der Waals surface area contributed by atoms with Gasteiger partial charge in [-0.2, -0.15) is 0 Å². The maximum absolute atomic E-state index is 6.26. The van der Waals surface area contributed by atoms with Crippen LogP contribution >= 0.6 is 0 Å². The Morgan fingerprint density at radius 3 is 2.86 bits per heavy atom. The molecule has 1 aliphatic carbocycles. The molecule has 1 aromatic heterocycles. The molecule has 2 heteroatoms. The number of benzene rings is 1. The lowest BCUT2D eigenvalue weighted by atomic mass is 9.88. The van der Waals surface area contributed by atoms with E-state index in [0.717, 1.165) is 30.2 Å². The van der Waals surface area contributed by atoms with Crippen molar-refractivity contribution in [3.8, 4) is 0 Å². The Bertz CT molecular complexity index is 601. The van der Waals surface area contributed by atoms with Crippen LogP contribution in [0, 0.1) is 18.8 Å². The normalized spacial score (nSPS) is 23.8. The first-order valence-corrected chi connectivity index (χ1v) is 8.43. The predicted octanol–water partition coefficient (Wildman–Crippen LogP) is 5.22. The monoisotopic (exact) mass is 285 g/mol. The number of aryl methyl sites for hydroxylation is 1. The molecule has 1 fully saturated rings. The van der Waals surface area contributed by atoms with Crippen LogP contribution in [0.5, 0.6) is 0 Å². The summed E-state index contributed by atoms with van der Waals surface area (Å²) in [5.74, 6) is 2.62. The van der Waals surface area contributed by atoms with Crippen LogP contribution in [0.1, 0.15) is 56.9 Å². The molecule has 0 amide bonds. The molecule has 0 aliphatic heterocycles. The molecule has 1 aromatic carbocycles. The van der Waals surface area contributed by atoms with Crippen molar-refractivity contribution in [1.29, 1.82) is 0 Å². The highest BCUT2D eigenvalue weighted by atomic mass is 16.3. The zero-order valence-electron chi connectivity index (χ0n) is 13.5. The van der Waals surface area contributed by atoms with Gasteiger partial charge in [0.1, 0.15) is 11.3 Å². The van der Waals surface area contributed by atoms with Crippen molar-refractivity contribution in [2.24, 2.45) is 11.8 Å². The van der Waals surface area contributed by atoms with Gasteiger partial charge in [0.05, 0.1) is 6.04 Å². The first kappa shape index (κ1) is 14.6. The van der Waals surface area contributed by atoms with Crippen molar-refractivity contribution < 1.29 is 4.42 Å². The summed E-state index contributed by atoms with van der Waals surface area (Å²) in [5, 5.41) is 4.98. The lowest BCUT2D eigenvalue weighted by molar-refractivity contribution is 0.270. The van der Waals surface area contributed by atoms with Gasteiger partial charge in [-0.3, -0.25) is 0 Å². The number of nitrogens with one attached hydrogen (secondary N) is 1. The number of fused-ring (bicyclic) bond motifs is 1. The minimum absolute atomic E-state index is 0.370. The van der Waals surface area contributed by atoms with Crippen LogP contribution in [-0.4, -0.2) is 6.54 Å². The second-order valence-electron chi connectivity index (χ2n) is 6.65. The van der Waals surface area contributed by atoms with Crippen LogP contribution < -0.4 is 5.32 Å². The standard InChI is InChI=1S/C19H27NO/c1-4-11-20-18(16-10-6-7-13(16)2)17-12-15-9-5-8-14(3)19(15)21-17/h5,8-9,12-13,16,18,20H,4,6-7,10-11H2,1-3H3. The molecule has 0 spiro atoms. The van der Waals surface area contributed by atoms with E-state index in [1.165, 1.54) is 30.2 Å². The Morgan fingerprint density at radius 1 is 1.33 bits per heavy atom. The van der Waals surface area contributed by atoms with E-state index >= 15 is 0 Å². The molecule has 3 rings (SSSR count). The van der Waals surface area contributed by atoms with E-state index < -0.39 is 0 Å². The van der Waals surface area contributed by atoms with Gasteiger partial charge < -0.3 is 9.73 Å². The van der Waals surface area contributed by atoms with Crippen molar-refractivity contribution in [2.75, 3.05) is 6.54 Å². The number of rotatable bonds is 5. The van der Waals surface area contributed by atoms with Crippen LogP contribution in [0.3, 0.4) is 0 Å². The molecule has 2 nitrogen and oxygen atoms in total. The third kappa shape index (κ3) is 2.87. The zero-order valence-corrected chi connectivity index (χ0v) is 13.5. The number of hydrogen-bond acceptors (Lipinski definition) is 2. The second kappa shape index (κ2) is 6.23. The Kier molecular flexibility index (Phi) is 4.34. The Balaban J connectivity index is 1.95. The van der Waals surface area contributed by atoms with Crippen LogP contribution in [0.25, 0.3) is 11.0 Å². The highest BCUT2D eigenvalue weighted by molar-refractivity contribution is 5.81. The lowest BCUT2D eigenvalue weighted by Crippen LogP contribution is -2.30. The maximum atomic E-state index is 6.26. The van der Waals surface area contributed by atoms with Gasteiger partial charge in [0.15, 0.2) is 0 Å². The van der Waals surface area contributed by atoms with Crippen LogP contribution in [0.2, 0.25) is 0 Å². The van der Waals surface area contributed by atoms with Gasteiger partial charge in [0, 0.05) is 5.39 Å². The molecule has 1 N–H and O–H groups in total. The van der Waals surface area contributed by atoms with Crippen molar-refractivity contribution in [1.82, 2.24) is 5.32 Å². The average Bonchev–Trinajstić information content (AvgIpc) is 3.07. The van der Waals surface area contributed by atoms with Crippen LogP contribution in [0.4, 0.5) is 0 Å². The van der Waals surface area contributed by atoms with E-state index in [4.69, 9.17) is 4.42 Å². The Hall–Kier alpha value is -1.28. The van der Waals surface area contributed by atoms with E-state index in [0.29, 0.717) is 12.0 Å². The van der Waals surface area contributed by atoms with E-state index in [1.54, 1.807) is 0 Å². The maximum Gasteiger partial charge on any atom is 0.137 e. The number of hydrogen-bond donors (Lipinski definition) is 1. The van der Waals surface area contributed by atoms with Gasteiger partial charge in [0.2, 0.25) is 0 Å². The summed E-state index contributed by atoms with van der Waals surface area (Å²) in [4.78, 5) is 0. The number of furan rings is 1. The first-order valence-electron chi connectivity index (χ1n) is 8.43. The highest BCUT2D eigenvalue weighted by Gasteiger charge is 2.33. The van der Waals surface area contributed by atoms with Crippen molar-refractivity contribution in [2.45, 2.75) is 52.5 Å². The molecule has 1 saturated carbocycles. The molecule has 21 heavy (non-hydrogen) atoms. The lowest BCUT2D eigenvalue weighted by Gasteiger charge is -2.26. The predicted molar refractivity (Wildman–Crippen MR) is 88.5 cm³/mol. The minimum atomic E-state index is 0.370. The smallest absolute Gasteiger partial charge is 0.137 e. The van der Waals surface area contributed by atoms with Crippen molar-refractivity contribution in [3.05, 3.63) is 35.6 Å². The van der Waals surface area contributed by atoms with Crippen molar-refractivity contribution in [3.63, 3.8) is 0 Å². The zero-order chi connectivity index (χ0) is 14.8. The summed E-state index contributed by atoms with van der Waals surface area (Å²) in [6, 6.07) is 9.02. The highest BCUT2D eigenvalue weighted by Crippen LogP contribution is 2.41. The van der Waals surface area contributed by atoms with Gasteiger partial charge in [-0.25, -0.2) is 0 Å². The van der Waals surface area contributed by atoms with E-state index in [-0.39, 0.29) is 0 Å². The van der Waals surface area contributed by atoms with E-state index in [1.807, 2.05) is 0 Å². The largest absolute Gasteiger partial charge is 0.459 e. The summed E-state index contributed by atoms with van der Waals surface area (Å²) in [6.45, 7) is 7.81. The molecule has 0 radical (unpaired) electrons. The third-order valence-corrected chi connectivity index (χ3v) is 5.04. The van der Waals surface area contributed by atoms with Gasteiger partial charge in [-0.1, -0.05) is 44.9 Å². The van der Waals surface area contributed by atoms with Gasteiger partial charge in [-0.15, -0.1) is 0 Å². The molecule has 1 heterocycles. The van der Waals surface area contributed by atoms with Crippen LogP contribution in [0.15, 0.2) is 28.7 Å². The third-order valence-electron chi connectivity index (χ3n) is 5.04. The SMILES string of the molecule is CCCNC(c1cc2cccc(C)c2o1)C1CCCC1C. The van der Waals surface area contributed by atoms with E-state index in [9.17, 15) is 0 Å². The first-order chi connectivity index (χ1) is 10.2. The molecule has 3 atom stereocenters. The fourth-order valence-electron chi connectivity index (χ4n) is 3.81. The minimum Gasteiger partial charge on any atom is -0.459 e. The quantitative estimate of drug-likeness (QED) is 0.815. The second-order valence-corrected chi connectivity index (χ2v) is 6.65. The number of para-hydroxylation sites is 1. The van der Waals surface area contributed by atoms with Gasteiger partial charge >= 0.3 is 0 Å². The summed E-state index contributed by atoms with van der Waals surface area (Å²) < 4.78 is 6.26. The molecule has 3 unspecified atom stereocenters. The van der Waals surface area contributed by atoms with Crippen molar-refractivity contribution >= 4 is 11.0 Å². The molecular formula is C19H27NO. The fourth-order valence-corrected chi connectivity index (χ4v) is 3.81. The summed E-state index contributed by atoms with van der Waals surface area (Å²) in [5.41, 5.74) is 2.29. The molecule has 0 bridgehead atoms. The Labute approximate surface area is 127 Å². The topological polar surface area (TPSA) is 25.2 Å². The summed E-state index contributed by atoms with van der Waals surface area (Å²) in [6.07, 6.45) is 5.19. The molecule has 114 valence electrons. The summed E-state index contributed by atoms with van der Waals surface area (Å²) >= 11 is 0. The van der Waals surface area contributed by atoms with E-state index in [2.05, 4.69) is 50.4 Å². The Morgan fingerprint density at radius 2 is 2.19 bits per heavy atom. The summed E-state index contributed by atoms with van der Waals surface area (Å²) in [7, 11) is 0. The molecule has 1 aliphatic rings. The molecular weight excluding hydrogens is 258 g/mol. The van der Waals surface area contributed by atoms with Gasteiger partial charge in [0.25, 0.3) is 0 Å².